The van der Waals surface area contributed by atoms with E-state index in [4.69, 9.17) is 9.47 Å². The van der Waals surface area contributed by atoms with Gasteiger partial charge in [-0.3, -0.25) is 4.79 Å². The second-order valence-corrected chi connectivity index (χ2v) is 9.64. The summed E-state index contributed by atoms with van der Waals surface area (Å²) in [5.74, 6) is 0.515. The summed E-state index contributed by atoms with van der Waals surface area (Å²) in [5.41, 5.74) is 0.0827. The summed E-state index contributed by atoms with van der Waals surface area (Å²) in [6.07, 6.45) is 10.2. The van der Waals surface area contributed by atoms with Crippen LogP contribution in [0.1, 0.15) is 91.9 Å². The Balaban J connectivity index is 1.87. The molecule has 0 radical (unpaired) electrons. The number of rotatable bonds is 15. The van der Waals surface area contributed by atoms with Gasteiger partial charge in [0, 0.05) is 11.2 Å². The Morgan fingerprint density at radius 2 is 1.73 bits per heavy atom. The lowest BCUT2D eigenvalue weighted by Gasteiger charge is -2.12. The smallest absolute Gasteiger partial charge is 0.305 e. The molecular weight excluding hydrogens is 396 g/mol. The minimum Gasteiger partial charge on any atom is -0.466 e. The molecule has 0 bridgehead atoms. The maximum absolute atomic E-state index is 11.8. The molecule has 0 aromatic carbocycles. The van der Waals surface area contributed by atoms with Gasteiger partial charge in [-0.2, -0.15) is 0 Å². The SMILES string of the molecule is CC(CCOC(=O)CCCCCCC[C@@H](Br)[C@@H](C)O)CCC1OC1(C)C. The van der Waals surface area contributed by atoms with Crippen molar-refractivity contribution < 1.29 is 19.4 Å². The van der Waals surface area contributed by atoms with Crippen LogP contribution in [0, 0.1) is 5.92 Å². The summed E-state index contributed by atoms with van der Waals surface area (Å²) >= 11 is 3.49. The highest BCUT2D eigenvalue weighted by atomic mass is 79.9. The molecule has 1 saturated heterocycles. The summed E-state index contributed by atoms with van der Waals surface area (Å²) in [5, 5.41) is 9.40. The van der Waals surface area contributed by atoms with Gasteiger partial charge in [-0.25, -0.2) is 0 Å². The molecule has 5 heteroatoms. The highest BCUT2D eigenvalue weighted by molar-refractivity contribution is 9.09. The van der Waals surface area contributed by atoms with Crippen molar-refractivity contribution >= 4 is 21.9 Å². The minimum absolute atomic E-state index is 0.0570. The number of aliphatic hydroxyl groups is 1. The van der Waals surface area contributed by atoms with Crippen LogP contribution in [0.2, 0.25) is 0 Å². The molecule has 0 aromatic heterocycles. The number of carbonyl (C=O) groups excluding carboxylic acids is 1. The molecule has 4 nitrogen and oxygen atoms in total. The monoisotopic (exact) mass is 434 g/mol. The van der Waals surface area contributed by atoms with Crippen molar-refractivity contribution in [3.63, 3.8) is 0 Å². The normalized spacial score (nSPS) is 21.8. The molecule has 1 fully saturated rings. The zero-order valence-corrected chi connectivity index (χ0v) is 18.7. The third-order valence-corrected chi connectivity index (χ3v) is 6.57. The summed E-state index contributed by atoms with van der Waals surface area (Å²) in [6.45, 7) is 8.85. The van der Waals surface area contributed by atoms with Crippen LogP contribution in [0.5, 0.6) is 0 Å². The van der Waals surface area contributed by atoms with Crippen molar-refractivity contribution in [1.82, 2.24) is 0 Å². The van der Waals surface area contributed by atoms with Crippen molar-refractivity contribution in [3.05, 3.63) is 0 Å². The van der Waals surface area contributed by atoms with Gasteiger partial charge in [0.1, 0.15) is 0 Å². The number of halogens is 1. The third kappa shape index (κ3) is 10.9. The zero-order valence-electron chi connectivity index (χ0n) is 17.1. The largest absolute Gasteiger partial charge is 0.466 e. The molecule has 1 heterocycles. The van der Waals surface area contributed by atoms with E-state index in [1.54, 1.807) is 0 Å². The van der Waals surface area contributed by atoms with Crippen molar-refractivity contribution in [3.8, 4) is 0 Å². The Kier molecular flexibility index (Phi) is 11.4. The van der Waals surface area contributed by atoms with Crippen LogP contribution in [0.25, 0.3) is 0 Å². The summed E-state index contributed by atoms with van der Waals surface area (Å²) in [7, 11) is 0. The van der Waals surface area contributed by atoms with E-state index in [1.807, 2.05) is 6.92 Å². The Labute approximate surface area is 168 Å². The number of alkyl halides is 1. The second-order valence-electron chi connectivity index (χ2n) is 8.46. The first kappa shape index (κ1) is 23.9. The average Bonchev–Trinajstić information content (AvgIpc) is 3.18. The van der Waals surface area contributed by atoms with Crippen LogP contribution in [0.3, 0.4) is 0 Å². The lowest BCUT2D eigenvalue weighted by Crippen LogP contribution is -2.15. The predicted octanol–water partition coefficient (Wildman–Crippen LogP) is 5.39. The van der Waals surface area contributed by atoms with Crippen LogP contribution in [-0.2, 0) is 14.3 Å². The maximum atomic E-state index is 11.8. The topological polar surface area (TPSA) is 59.1 Å². The van der Waals surface area contributed by atoms with E-state index in [-0.39, 0.29) is 22.5 Å². The number of carbonyl (C=O) groups is 1. The molecule has 0 amide bonds. The van der Waals surface area contributed by atoms with Crippen molar-refractivity contribution in [2.24, 2.45) is 5.92 Å². The zero-order chi connectivity index (χ0) is 19.6. The summed E-state index contributed by atoms with van der Waals surface area (Å²) in [4.78, 5) is 12.0. The number of esters is 1. The molecule has 1 N–H and O–H groups in total. The Morgan fingerprint density at radius 1 is 1.12 bits per heavy atom. The quantitative estimate of drug-likeness (QED) is 0.162. The van der Waals surface area contributed by atoms with Gasteiger partial charge in [0.15, 0.2) is 0 Å². The molecule has 1 rings (SSSR count). The standard InChI is InChI=1S/C21H39BrO4/c1-16(12-13-19-21(3,4)26-19)14-15-25-20(24)11-9-7-5-6-8-10-18(22)17(2)23/h16-19,23H,5-15H2,1-4H3/t16?,17-,18-,19?/m1/s1. The van der Waals surface area contributed by atoms with E-state index >= 15 is 0 Å². The fourth-order valence-electron chi connectivity index (χ4n) is 3.15. The maximum Gasteiger partial charge on any atom is 0.305 e. The number of hydrogen-bond donors (Lipinski definition) is 1. The van der Waals surface area contributed by atoms with E-state index in [2.05, 4.69) is 36.7 Å². The van der Waals surface area contributed by atoms with Crippen LogP contribution < -0.4 is 0 Å². The van der Waals surface area contributed by atoms with Gasteiger partial charge in [0.25, 0.3) is 0 Å². The lowest BCUT2D eigenvalue weighted by atomic mass is 9.98. The molecular formula is C21H39BrO4. The first-order valence-electron chi connectivity index (χ1n) is 10.4. The van der Waals surface area contributed by atoms with Gasteiger partial charge in [-0.15, -0.1) is 0 Å². The van der Waals surface area contributed by atoms with Gasteiger partial charge in [0.05, 0.1) is 24.4 Å². The third-order valence-electron chi connectivity index (χ3n) is 5.34. The Hall–Kier alpha value is -0.130. The molecule has 1 aliphatic heterocycles. The Bertz CT molecular complexity index is 397. The Morgan fingerprint density at radius 3 is 2.35 bits per heavy atom. The highest BCUT2D eigenvalue weighted by Gasteiger charge is 2.46. The summed E-state index contributed by atoms with van der Waals surface area (Å²) in [6, 6.07) is 0. The van der Waals surface area contributed by atoms with Gasteiger partial charge < -0.3 is 14.6 Å². The van der Waals surface area contributed by atoms with Crippen molar-refractivity contribution in [2.45, 2.75) is 115 Å². The van der Waals surface area contributed by atoms with Crippen molar-refractivity contribution in [2.75, 3.05) is 6.61 Å². The van der Waals surface area contributed by atoms with E-state index < -0.39 is 0 Å². The minimum atomic E-state index is -0.290. The molecule has 0 saturated carbocycles. The van der Waals surface area contributed by atoms with Gasteiger partial charge in [0.2, 0.25) is 0 Å². The van der Waals surface area contributed by atoms with Crippen LogP contribution >= 0.6 is 15.9 Å². The summed E-state index contributed by atoms with van der Waals surface area (Å²) < 4.78 is 11.0. The number of hydrogen-bond acceptors (Lipinski definition) is 4. The van der Waals surface area contributed by atoms with Crippen molar-refractivity contribution in [1.29, 1.82) is 0 Å². The molecule has 0 spiro atoms. The molecule has 0 aliphatic carbocycles. The highest BCUT2D eigenvalue weighted by Crippen LogP contribution is 2.39. The van der Waals surface area contributed by atoms with Gasteiger partial charge in [-0.05, 0) is 58.8 Å². The molecule has 154 valence electrons. The molecule has 4 atom stereocenters. The lowest BCUT2D eigenvalue weighted by molar-refractivity contribution is -0.144. The van der Waals surface area contributed by atoms with E-state index in [0.717, 1.165) is 57.8 Å². The van der Waals surface area contributed by atoms with Gasteiger partial charge in [-0.1, -0.05) is 48.5 Å². The second kappa shape index (κ2) is 12.4. The number of ether oxygens (including phenoxy) is 2. The van der Waals surface area contributed by atoms with Crippen LogP contribution in [0.15, 0.2) is 0 Å². The number of unbranched alkanes of at least 4 members (excludes halogenated alkanes) is 4. The van der Waals surface area contributed by atoms with E-state index in [1.165, 1.54) is 0 Å². The fourth-order valence-corrected chi connectivity index (χ4v) is 3.47. The molecule has 2 unspecified atom stereocenters. The molecule has 0 aromatic rings. The van der Waals surface area contributed by atoms with Crippen LogP contribution in [-0.4, -0.2) is 40.3 Å². The van der Waals surface area contributed by atoms with Gasteiger partial charge >= 0.3 is 5.97 Å². The number of aliphatic hydroxyl groups excluding tert-OH is 1. The first-order valence-corrected chi connectivity index (χ1v) is 11.3. The number of epoxide rings is 1. The fraction of sp³-hybridized carbons (Fsp3) is 0.952. The van der Waals surface area contributed by atoms with E-state index in [9.17, 15) is 9.90 Å². The van der Waals surface area contributed by atoms with Crippen LogP contribution in [0.4, 0.5) is 0 Å². The van der Waals surface area contributed by atoms with E-state index in [0.29, 0.717) is 25.0 Å². The molecule has 1 aliphatic rings. The average molecular weight is 435 g/mol. The molecule has 26 heavy (non-hydrogen) atoms. The first-order chi connectivity index (χ1) is 12.2. The predicted molar refractivity (Wildman–Crippen MR) is 110 cm³/mol.